The number of allylic oxidation sites excluding steroid dienone is 1. The van der Waals surface area contributed by atoms with Gasteiger partial charge in [0.1, 0.15) is 0 Å². The minimum Gasteiger partial charge on any atom is -0.289 e. The largest absolute Gasteiger partial charge is 0.289 e. The van der Waals surface area contributed by atoms with E-state index in [1.165, 1.54) is 0 Å². The highest BCUT2D eigenvalue weighted by Crippen LogP contribution is 2.13. The van der Waals surface area contributed by atoms with Gasteiger partial charge in [-0.3, -0.25) is 4.79 Å². The molecule has 2 rings (SSSR count). The zero-order valence-electron chi connectivity index (χ0n) is 10.1. The first-order valence-corrected chi connectivity index (χ1v) is 7.73. The smallest absolute Gasteiger partial charge is 0.185 e. The van der Waals surface area contributed by atoms with Crippen LogP contribution in [0, 0.1) is 0 Å². The van der Waals surface area contributed by atoms with E-state index >= 15 is 0 Å². The molecule has 0 spiro atoms. The van der Waals surface area contributed by atoms with Gasteiger partial charge in [-0.25, -0.2) is 0 Å². The third-order valence-corrected chi connectivity index (χ3v) is 3.87. The Bertz CT molecular complexity index is 583. The molecule has 0 saturated carbocycles. The molecule has 96 valence electrons. The molecule has 0 amide bonds. The van der Waals surface area contributed by atoms with Crippen molar-refractivity contribution in [3.05, 3.63) is 75.8 Å². The molecule has 0 bridgehead atoms. The zero-order chi connectivity index (χ0) is 13.7. The first-order valence-electron chi connectivity index (χ1n) is 5.82. The molecule has 19 heavy (non-hydrogen) atoms. The van der Waals surface area contributed by atoms with Crippen molar-refractivity contribution in [1.82, 2.24) is 0 Å². The highest BCUT2D eigenvalue weighted by molar-refractivity contribution is 9.10. The Morgan fingerprint density at radius 3 is 2.21 bits per heavy atom. The van der Waals surface area contributed by atoms with E-state index in [-0.39, 0.29) is 5.78 Å². The average Bonchev–Trinajstić information content (AvgIpc) is 2.46. The van der Waals surface area contributed by atoms with Crippen LogP contribution in [0.5, 0.6) is 0 Å². The van der Waals surface area contributed by atoms with E-state index in [2.05, 4.69) is 31.9 Å². The van der Waals surface area contributed by atoms with Crippen LogP contribution in [0.2, 0.25) is 0 Å². The SMILES string of the molecule is O=C(/C=C/c1ccc(Br)cc1)c1ccc(CBr)cc1. The maximum absolute atomic E-state index is 12.0. The van der Waals surface area contributed by atoms with Crippen LogP contribution in [0.3, 0.4) is 0 Å². The lowest BCUT2D eigenvalue weighted by molar-refractivity contribution is 0.104. The molecule has 0 N–H and O–H groups in total. The van der Waals surface area contributed by atoms with Gasteiger partial charge in [-0.2, -0.15) is 0 Å². The second-order valence-electron chi connectivity index (χ2n) is 4.08. The van der Waals surface area contributed by atoms with Gasteiger partial charge in [-0.05, 0) is 29.3 Å². The minimum atomic E-state index is 0.0176. The van der Waals surface area contributed by atoms with Crippen LogP contribution in [0.25, 0.3) is 6.08 Å². The molecule has 0 atom stereocenters. The number of hydrogen-bond acceptors (Lipinski definition) is 1. The molecule has 0 saturated heterocycles. The Labute approximate surface area is 129 Å². The zero-order valence-corrected chi connectivity index (χ0v) is 13.3. The molecule has 2 aromatic carbocycles. The molecule has 0 aliphatic rings. The average molecular weight is 380 g/mol. The monoisotopic (exact) mass is 378 g/mol. The fourth-order valence-electron chi connectivity index (χ4n) is 1.60. The van der Waals surface area contributed by atoms with Gasteiger partial charge in [0, 0.05) is 15.4 Å². The van der Waals surface area contributed by atoms with Crippen molar-refractivity contribution in [3.8, 4) is 0 Å². The Balaban J connectivity index is 2.09. The molecule has 0 aromatic heterocycles. The van der Waals surface area contributed by atoms with E-state index in [4.69, 9.17) is 0 Å². The van der Waals surface area contributed by atoms with Crippen molar-refractivity contribution >= 4 is 43.7 Å². The third-order valence-electron chi connectivity index (χ3n) is 2.69. The summed E-state index contributed by atoms with van der Waals surface area (Å²) in [4.78, 5) is 12.0. The molecular formula is C16H12Br2O. The summed E-state index contributed by atoms with van der Waals surface area (Å²) < 4.78 is 1.03. The minimum absolute atomic E-state index is 0.0176. The van der Waals surface area contributed by atoms with Gasteiger partial charge in [0.2, 0.25) is 0 Å². The third kappa shape index (κ3) is 4.15. The Morgan fingerprint density at radius 1 is 1.00 bits per heavy atom. The Kier molecular flexibility index (Phi) is 5.11. The molecule has 2 aromatic rings. The number of benzene rings is 2. The van der Waals surface area contributed by atoms with E-state index in [0.717, 1.165) is 20.9 Å². The molecule has 1 nitrogen and oxygen atoms in total. The van der Waals surface area contributed by atoms with E-state index in [1.54, 1.807) is 6.08 Å². The van der Waals surface area contributed by atoms with Crippen molar-refractivity contribution < 1.29 is 4.79 Å². The quantitative estimate of drug-likeness (QED) is 0.403. The number of alkyl halides is 1. The molecule has 0 aliphatic heterocycles. The fraction of sp³-hybridized carbons (Fsp3) is 0.0625. The van der Waals surface area contributed by atoms with E-state index in [1.807, 2.05) is 54.6 Å². The van der Waals surface area contributed by atoms with Crippen LogP contribution < -0.4 is 0 Å². The lowest BCUT2D eigenvalue weighted by Gasteiger charge is -1.98. The summed E-state index contributed by atoms with van der Waals surface area (Å²) in [5.41, 5.74) is 2.88. The summed E-state index contributed by atoms with van der Waals surface area (Å²) in [6, 6.07) is 15.4. The van der Waals surface area contributed by atoms with Crippen LogP contribution in [-0.4, -0.2) is 5.78 Å². The first-order chi connectivity index (χ1) is 9.19. The molecule has 0 heterocycles. The lowest BCUT2D eigenvalue weighted by Crippen LogP contribution is -1.94. The fourth-order valence-corrected chi connectivity index (χ4v) is 2.24. The highest BCUT2D eigenvalue weighted by atomic mass is 79.9. The predicted molar refractivity (Wildman–Crippen MR) is 86.6 cm³/mol. The van der Waals surface area contributed by atoms with Crippen molar-refractivity contribution in [2.75, 3.05) is 0 Å². The number of rotatable bonds is 4. The number of halogens is 2. The van der Waals surface area contributed by atoms with Gasteiger partial charge < -0.3 is 0 Å². The van der Waals surface area contributed by atoms with Crippen LogP contribution >= 0.6 is 31.9 Å². The summed E-state index contributed by atoms with van der Waals surface area (Å²) >= 11 is 6.76. The maximum atomic E-state index is 12.0. The molecule has 0 unspecified atom stereocenters. The van der Waals surface area contributed by atoms with Crippen LogP contribution in [0.15, 0.2) is 59.1 Å². The van der Waals surface area contributed by atoms with Crippen LogP contribution in [0.4, 0.5) is 0 Å². The first kappa shape index (κ1) is 14.2. The Hall–Kier alpha value is -1.19. The molecule has 0 fully saturated rings. The standard InChI is InChI=1S/C16H12Br2O/c17-11-13-1-6-14(7-2-13)16(19)10-5-12-3-8-15(18)9-4-12/h1-10H,11H2/b10-5+. The van der Waals surface area contributed by atoms with Crippen molar-refractivity contribution in [2.24, 2.45) is 0 Å². The van der Waals surface area contributed by atoms with Gasteiger partial charge in [-0.1, -0.05) is 74.3 Å². The summed E-state index contributed by atoms with van der Waals surface area (Å²) in [5.74, 6) is 0.0176. The summed E-state index contributed by atoms with van der Waals surface area (Å²) in [5, 5.41) is 0.802. The van der Waals surface area contributed by atoms with Crippen molar-refractivity contribution in [3.63, 3.8) is 0 Å². The van der Waals surface area contributed by atoms with E-state index < -0.39 is 0 Å². The van der Waals surface area contributed by atoms with Gasteiger partial charge in [0.05, 0.1) is 0 Å². The van der Waals surface area contributed by atoms with Crippen LogP contribution in [-0.2, 0) is 5.33 Å². The van der Waals surface area contributed by atoms with Crippen LogP contribution in [0.1, 0.15) is 21.5 Å². The Morgan fingerprint density at radius 2 is 1.63 bits per heavy atom. The predicted octanol–water partition coefficient (Wildman–Crippen LogP) is 5.24. The number of carbonyl (C=O) groups is 1. The number of carbonyl (C=O) groups excluding carboxylic acids is 1. The van der Waals surface area contributed by atoms with Gasteiger partial charge >= 0.3 is 0 Å². The van der Waals surface area contributed by atoms with Gasteiger partial charge in [0.25, 0.3) is 0 Å². The maximum Gasteiger partial charge on any atom is 0.185 e. The van der Waals surface area contributed by atoms with E-state index in [0.29, 0.717) is 5.56 Å². The summed E-state index contributed by atoms with van der Waals surface area (Å²) in [6.07, 6.45) is 3.43. The van der Waals surface area contributed by atoms with Gasteiger partial charge in [-0.15, -0.1) is 0 Å². The van der Waals surface area contributed by atoms with Gasteiger partial charge in [0.15, 0.2) is 5.78 Å². The lowest BCUT2D eigenvalue weighted by atomic mass is 10.1. The van der Waals surface area contributed by atoms with Crippen molar-refractivity contribution in [1.29, 1.82) is 0 Å². The summed E-state index contributed by atoms with van der Waals surface area (Å²) in [7, 11) is 0. The second-order valence-corrected chi connectivity index (χ2v) is 5.56. The topological polar surface area (TPSA) is 17.1 Å². The van der Waals surface area contributed by atoms with Crippen molar-refractivity contribution in [2.45, 2.75) is 5.33 Å². The second kappa shape index (κ2) is 6.83. The number of ketones is 1. The molecule has 0 aliphatic carbocycles. The highest BCUT2D eigenvalue weighted by Gasteiger charge is 2.01. The number of hydrogen-bond donors (Lipinski definition) is 0. The normalized spacial score (nSPS) is 10.8. The summed E-state index contributed by atoms with van der Waals surface area (Å²) in [6.45, 7) is 0. The molecule has 3 heteroatoms. The molecular weight excluding hydrogens is 368 g/mol. The van der Waals surface area contributed by atoms with E-state index in [9.17, 15) is 4.79 Å². The molecule has 0 radical (unpaired) electrons.